The third-order valence-corrected chi connectivity index (χ3v) is 3.75. The first-order chi connectivity index (χ1) is 8.76. The Morgan fingerprint density at radius 1 is 1.39 bits per heavy atom. The summed E-state index contributed by atoms with van der Waals surface area (Å²) in [5, 5.41) is 12.6. The SMILES string of the molecule is CCC(C)CN1CCC/C(=N/O)c2ccccc21. The first-order valence-electron chi connectivity index (χ1n) is 6.81. The largest absolute Gasteiger partial charge is 0.411 e. The van der Waals surface area contributed by atoms with Crippen LogP contribution in [0.5, 0.6) is 0 Å². The molecule has 0 fully saturated rings. The van der Waals surface area contributed by atoms with Crippen LogP contribution in [0.3, 0.4) is 0 Å². The Hall–Kier alpha value is -1.51. The fourth-order valence-electron chi connectivity index (χ4n) is 2.48. The van der Waals surface area contributed by atoms with Gasteiger partial charge in [-0.25, -0.2) is 0 Å². The number of fused-ring (bicyclic) bond motifs is 1. The molecule has 3 heteroatoms. The van der Waals surface area contributed by atoms with E-state index in [0.29, 0.717) is 5.92 Å². The van der Waals surface area contributed by atoms with Gasteiger partial charge in [-0.2, -0.15) is 0 Å². The standard InChI is InChI=1S/C15H22N2O/c1-3-12(2)11-17-10-6-8-14(16-18)13-7-4-5-9-15(13)17/h4-5,7,9,12,18H,3,6,8,10-11H2,1-2H3/b16-14-. The summed E-state index contributed by atoms with van der Waals surface area (Å²) in [6, 6.07) is 8.26. The predicted octanol–water partition coefficient (Wildman–Crippen LogP) is 3.51. The second kappa shape index (κ2) is 5.89. The molecule has 0 saturated carbocycles. The molecule has 18 heavy (non-hydrogen) atoms. The third kappa shape index (κ3) is 2.66. The van der Waals surface area contributed by atoms with Crippen molar-refractivity contribution in [1.29, 1.82) is 0 Å². The number of hydrogen-bond acceptors (Lipinski definition) is 3. The smallest absolute Gasteiger partial charge is 0.0889 e. The molecular formula is C15H22N2O. The molecule has 1 heterocycles. The average Bonchev–Trinajstić information content (AvgIpc) is 2.58. The topological polar surface area (TPSA) is 35.8 Å². The third-order valence-electron chi connectivity index (χ3n) is 3.75. The summed E-state index contributed by atoms with van der Waals surface area (Å²) < 4.78 is 0. The molecule has 98 valence electrons. The summed E-state index contributed by atoms with van der Waals surface area (Å²) in [5.41, 5.74) is 3.11. The molecule has 1 N–H and O–H groups in total. The van der Waals surface area contributed by atoms with Crippen molar-refractivity contribution in [2.24, 2.45) is 11.1 Å². The van der Waals surface area contributed by atoms with Gasteiger partial charge in [0.1, 0.15) is 0 Å². The summed E-state index contributed by atoms with van der Waals surface area (Å²) >= 11 is 0. The number of oxime groups is 1. The molecule has 1 aliphatic rings. The molecule has 0 aliphatic carbocycles. The number of nitrogens with zero attached hydrogens (tertiary/aromatic N) is 2. The number of para-hydroxylation sites is 1. The van der Waals surface area contributed by atoms with Gasteiger partial charge in [-0.1, -0.05) is 43.6 Å². The minimum atomic E-state index is 0.686. The summed E-state index contributed by atoms with van der Waals surface area (Å²) in [7, 11) is 0. The summed E-state index contributed by atoms with van der Waals surface area (Å²) in [4.78, 5) is 2.43. The van der Waals surface area contributed by atoms with Crippen LogP contribution >= 0.6 is 0 Å². The quantitative estimate of drug-likeness (QED) is 0.654. The van der Waals surface area contributed by atoms with Crippen LogP contribution in [-0.2, 0) is 0 Å². The van der Waals surface area contributed by atoms with Crippen molar-refractivity contribution in [3.63, 3.8) is 0 Å². The predicted molar refractivity (Wildman–Crippen MR) is 75.7 cm³/mol. The monoisotopic (exact) mass is 246 g/mol. The van der Waals surface area contributed by atoms with Crippen molar-refractivity contribution < 1.29 is 5.21 Å². The van der Waals surface area contributed by atoms with E-state index in [1.807, 2.05) is 6.07 Å². The van der Waals surface area contributed by atoms with Gasteiger partial charge in [-0.05, 0) is 24.8 Å². The Kier molecular flexibility index (Phi) is 4.24. The van der Waals surface area contributed by atoms with Crippen LogP contribution in [0.15, 0.2) is 29.4 Å². The number of rotatable bonds is 3. The summed E-state index contributed by atoms with van der Waals surface area (Å²) in [6.45, 7) is 6.64. The van der Waals surface area contributed by atoms with E-state index >= 15 is 0 Å². The molecule has 0 spiro atoms. The van der Waals surface area contributed by atoms with Crippen LogP contribution < -0.4 is 4.90 Å². The van der Waals surface area contributed by atoms with E-state index in [9.17, 15) is 0 Å². The fraction of sp³-hybridized carbons (Fsp3) is 0.533. The minimum absolute atomic E-state index is 0.686. The summed E-state index contributed by atoms with van der Waals surface area (Å²) in [6.07, 6.45) is 3.09. The highest BCUT2D eigenvalue weighted by Gasteiger charge is 2.20. The fourth-order valence-corrected chi connectivity index (χ4v) is 2.48. The van der Waals surface area contributed by atoms with E-state index in [4.69, 9.17) is 5.21 Å². The molecule has 0 bridgehead atoms. The van der Waals surface area contributed by atoms with Gasteiger partial charge in [0.05, 0.1) is 5.71 Å². The number of hydrogen-bond donors (Lipinski definition) is 1. The van der Waals surface area contributed by atoms with E-state index in [2.05, 4.69) is 42.1 Å². The second-order valence-electron chi connectivity index (χ2n) is 5.13. The zero-order valence-corrected chi connectivity index (χ0v) is 11.3. The number of anilines is 1. The van der Waals surface area contributed by atoms with Crippen LogP contribution in [0.1, 0.15) is 38.7 Å². The molecule has 2 rings (SSSR count). The first kappa shape index (κ1) is 12.9. The zero-order valence-electron chi connectivity index (χ0n) is 11.3. The van der Waals surface area contributed by atoms with Crippen molar-refractivity contribution in [3.05, 3.63) is 29.8 Å². The Bertz CT molecular complexity index is 428. The van der Waals surface area contributed by atoms with Crippen LogP contribution in [-0.4, -0.2) is 24.0 Å². The van der Waals surface area contributed by atoms with Crippen molar-refractivity contribution in [1.82, 2.24) is 0 Å². The highest BCUT2D eigenvalue weighted by Crippen LogP contribution is 2.27. The maximum Gasteiger partial charge on any atom is 0.0889 e. The molecular weight excluding hydrogens is 224 g/mol. The zero-order chi connectivity index (χ0) is 13.0. The highest BCUT2D eigenvalue weighted by atomic mass is 16.4. The van der Waals surface area contributed by atoms with Gasteiger partial charge in [-0.15, -0.1) is 0 Å². The van der Waals surface area contributed by atoms with Crippen molar-refractivity contribution in [3.8, 4) is 0 Å². The van der Waals surface area contributed by atoms with E-state index < -0.39 is 0 Å². The molecule has 1 aliphatic heterocycles. The van der Waals surface area contributed by atoms with E-state index in [0.717, 1.165) is 37.2 Å². The van der Waals surface area contributed by atoms with Gasteiger partial charge < -0.3 is 10.1 Å². The Labute approximate surface area is 109 Å². The van der Waals surface area contributed by atoms with E-state index in [1.165, 1.54) is 12.1 Å². The van der Waals surface area contributed by atoms with E-state index in [-0.39, 0.29) is 0 Å². The lowest BCUT2D eigenvalue weighted by Gasteiger charge is -2.27. The normalized spacial score (nSPS) is 19.4. The molecule has 0 amide bonds. The molecule has 1 unspecified atom stereocenters. The molecule has 0 aromatic heterocycles. The summed E-state index contributed by atoms with van der Waals surface area (Å²) in [5.74, 6) is 0.686. The molecule has 1 aromatic carbocycles. The molecule has 0 saturated heterocycles. The Morgan fingerprint density at radius 3 is 2.89 bits per heavy atom. The van der Waals surface area contributed by atoms with Crippen LogP contribution in [0.4, 0.5) is 5.69 Å². The van der Waals surface area contributed by atoms with Gasteiger partial charge in [-0.3, -0.25) is 0 Å². The van der Waals surface area contributed by atoms with Crippen LogP contribution in [0, 0.1) is 5.92 Å². The Morgan fingerprint density at radius 2 is 2.17 bits per heavy atom. The maximum absolute atomic E-state index is 9.15. The van der Waals surface area contributed by atoms with Crippen molar-refractivity contribution in [2.45, 2.75) is 33.1 Å². The molecule has 1 atom stereocenters. The van der Waals surface area contributed by atoms with Crippen molar-refractivity contribution >= 4 is 11.4 Å². The molecule has 1 aromatic rings. The minimum Gasteiger partial charge on any atom is -0.411 e. The second-order valence-corrected chi connectivity index (χ2v) is 5.13. The lowest BCUT2D eigenvalue weighted by Crippen LogP contribution is -2.29. The molecule has 3 nitrogen and oxygen atoms in total. The Balaban J connectivity index is 2.33. The maximum atomic E-state index is 9.15. The van der Waals surface area contributed by atoms with Gasteiger partial charge in [0.15, 0.2) is 0 Å². The van der Waals surface area contributed by atoms with Crippen LogP contribution in [0.2, 0.25) is 0 Å². The van der Waals surface area contributed by atoms with Gasteiger partial charge in [0.2, 0.25) is 0 Å². The lowest BCUT2D eigenvalue weighted by molar-refractivity contribution is 0.318. The average molecular weight is 246 g/mol. The van der Waals surface area contributed by atoms with E-state index in [1.54, 1.807) is 0 Å². The lowest BCUT2D eigenvalue weighted by atomic mass is 10.0. The van der Waals surface area contributed by atoms with Crippen LogP contribution in [0.25, 0.3) is 0 Å². The first-order valence-corrected chi connectivity index (χ1v) is 6.81. The highest BCUT2D eigenvalue weighted by molar-refractivity contribution is 6.05. The van der Waals surface area contributed by atoms with Gasteiger partial charge in [0.25, 0.3) is 0 Å². The van der Waals surface area contributed by atoms with Gasteiger partial charge in [0, 0.05) is 24.3 Å². The number of benzene rings is 1. The van der Waals surface area contributed by atoms with Gasteiger partial charge >= 0.3 is 0 Å². The molecule has 0 radical (unpaired) electrons. The van der Waals surface area contributed by atoms with Crippen molar-refractivity contribution in [2.75, 3.05) is 18.0 Å².